The SMILES string of the molecule is CC(C)NCCCC(=O)NCCO. The van der Waals surface area contributed by atoms with E-state index in [0.29, 0.717) is 19.0 Å². The number of rotatable bonds is 7. The Morgan fingerprint density at radius 2 is 2.08 bits per heavy atom. The van der Waals surface area contributed by atoms with Crippen molar-refractivity contribution in [3.05, 3.63) is 0 Å². The topological polar surface area (TPSA) is 61.4 Å². The summed E-state index contributed by atoms with van der Waals surface area (Å²) in [7, 11) is 0. The standard InChI is InChI=1S/C9H20N2O2/c1-8(2)10-5-3-4-9(13)11-6-7-12/h8,10,12H,3-7H2,1-2H3,(H,11,13). The number of carbonyl (C=O) groups excluding carboxylic acids is 1. The first-order valence-electron chi connectivity index (χ1n) is 4.77. The molecular formula is C9H20N2O2. The van der Waals surface area contributed by atoms with Crippen LogP contribution in [0.1, 0.15) is 26.7 Å². The lowest BCUT2D eigenvalue weighted by atomic mass is 10.3. The highest BCUT2D eigenvalue weighted by molar-refractivity contribution is 5.75. The molecule has 0 aliphatic carbocycles. The average Bonchev–Trinajstić information content (AvgIpc) is 2.08. The zero-order chi connectivity index (χ0) is 10.1. The molecule has 0 fully saturated rings. The number of aliphatic hydroxyl groups excluding tert-OH is 1. The maximum atomic E-state index is 11.0. The lowest BCUT2D eigenvalue weighted by molar-refractivity contribution is -0.121. The van der Waals surface area contributed by atoms with Crippen molar-refractivity contribution in [3.8, 4) is 0 Å². The molecule has 0 spiro atoms. The smallest absolute Gasteiger partial charge is 0.220 e. The van der Waals surface area contributed by atoms with Gasteiger partial charge in [0.1, 0.15) is 0 Å². The van der Waals surface area contributed by atoms with E-state index in [9.17, 15) is 4.79 Å². The van der Waals surface area contributed by atoms with E-state index in [4.69, 9.17) is 5.11 Å². The Morgan fingerprint density at radius 1 is 1.38 bits per heavy atom. The molecular weight excluding hydrogens is 168 g/mol. The van der Waals surface area contributed by atoms with Gasteiger partial charge in [-0.15, -0.1) is 0 Å². The van der Waals surface area contributed by atoms with E-state index in [1.54, 1.807) is 0 Å². The van der Waals surface area contributed by atoms with Gasteiger partial charge in [-0.25, -0.2) is 0 Å². The zero-order valence-electron chi connectivity index (χ0n) is 8.47. The minimum atomic E-state index is 0.00990. The van der Waals surface area contributed by atoms with Crippen LogP contribution in [0.3, 0.4) is 0 Å². The summed E-state index contributed by atoms with van der Waals surface area (Å²) in [5.41, 5.74) is 0. The third-order valence-corrected chi connectivity index (χ3v) is 1.57. The van der Waals surface area contributed by atoms with Crippen molar-refractivity contribution in [2.24, 2.45) is 0 Å². The van der Waals surface area contributed by atoms with E-state index in [2.05, 4.69) is 24.5 Å². The molecule has 0 heterocycles. The molecule has 0 aliphatic heterocycles. The van der Waals surface area contributed by atoms with Crippen LogP contribution in [0.2, 0.25) is 0 Å². The highest BCUT2D eigenvalue weighted by Gasteiger charge is 1.99. The van der Waals surface area contributed by atoms with Crippen molar-refractivity contribution in [1.29, 1.82) is 0 Å². The van der Waals surface area contributed by atoms with Gasteiger partial charge < -0.3 is 15.7 Å². The Hall–Kier alpha value is -0.610. The number of aliphatic hydroxyl groups is 1. The number of nitrogens with one attached hydrogen (secondary N) is 2. The third kappa shape index (κ3) is 9.30. The van der Waals surface area contributed by atoms with E-state index < -0.39 is 0 Å². The molecule has 0 aromatic heterocycles. The van der Waals surface area contributed by atoms with Crippen molar-refractivity contribution < 1.29 is 9.90 Å². The molecule has 0 unspecified atom stereocenters. The van der Waals surface area contributed by atoms with Gasteiger partial charge in [-0.2, -0.15) is 0 Å². The van der Waals surface area contributed by atoms with Gasteiger partial charge >= 0.3 is 0 Å². The molecule has 3 N–H and O–H groups in total. The van der Waals surface area contributed by atoms with Gasteiger partial charge in [-0.1, -0.05) is 13.8 Å². The van der Waals surface area contributed by atoms with Gasteiger partial charge in [-0.05, 0) is 13.0 Å². The van der Waals surface area contributed by atoms with E-state index in [1.807, 2.05) is 0 Å². The summed E-state index contributed by atoms with van der Waals surface area (Å²) in [6.45, 7) is 5.38. The highest BCUT2D eigenvalue weighted by Crippen LogP contribution is 1.87. The number of hydrogen-bond donors (Lipinski definition) is 3. The predicted octanol–water partition coefficient (Wildman–Crippen LogP) is -0.127. The molecule has 0 atom stereocenters. The molecule has 0 bridgehead atoms. The Labute approximate surface area is 79.7 Å². The van der Waals surface area contributed by atoms with Crippen molar-refractivity contribution in [3.63, 3.8) is 0 Å². The van der Waals surface area contributed by atoms with Crippen LogP contribution in [0.15, 0.2) is 0 Å². The van der Waals surface area contributed by atoms with Crippen LogP contribution in [-0.4, -0.2) is 36.8 Å². The Bertz CT molecular complexity index is 138. The zero-order valence-corrected chi connectivity index (χ0v) is 8.47. The Kier molecular flexibility index (Phi) is 7.63. The molecule has 1 amide bonds. The summed E-state index contributed by atoms with van der Waals surface area (Å²) in [5.74, 6) is 0.0135. The van der Waals surface area contributed by atoms with Gasteiger partial charge in [0.05, 0.1) is 6.61 Å². The number of carbonyl (C=O) groups is 1. The van der Waals surface area contributed by atoms with Crippen LogP contribution in [0, 0.1) is 0 Å². The molecule has 78 valence electrons. The van der Waals surface area contributed by atoms with Gasteiger partial charge in [0.15, 0.2) is 0 Å². The maximum Gasteiger partial charge on any atom is 0.220 e. The second-order valence-electron chi connectivity index (χ2n) is 3.29. The summed E-state index contributed by atoms with van der Waals surface area (Å²) < 4.78 is 0. The Morgan fingerprint density at radius 3 is 2.62 bits per heavy atom. The first-order valence-corrected chi connectivity index (χ1v) is 4.77. The maximum absolute atomic E-state index is 11.0. The van der Waals surface area contributed by atoms with Crippen molar-refractivity contribution >= 4 is 5.91 Å². The predicted molar refractivity (Wildman–Crippen MR) is 52.5 cm³/mol. The molecule has 0 saturated carbocycles. The number of amides is 1. The lowest BCUT2D eigenvalue weighted by Crippen LogP contribution is -2.28. The van der Waals surface area contributed by atoms with Gasteiger partial charge in [-0.3, -0.25) is 4.79 Å². The van der Waals surface area contributed by atoms with Crippen LogP contribution >= 0.6 is 0 Å². The average molecular weight is 188 g/mol. The third-order valence-electron chi connectivity index (χ3n) is 1.57. The molecule has 0 radical (unpaired) electrons. The second kappa shape index (κ2) is 8.01. The molecule has 0 saturated heterocycles. The summed E-state index contributed by atoms with van der Waals surface area (Å²) in [6.07, 6.45) is 1.37. The van der Waals surface area contributed by atoms with Gasteiger partial charge in [0.25, 0.3) is 0 Å². The molecule has 0 aliphatic rings. The molecule has 4 nitrogen and oxygen atoms in total. The molecule has 0 rings (SSSR count). The van der Waals surface area contributed by atoms with Gasteiger partial charge in [0.2, 0.25) is 5.91 Å². The molecule has 0 aromatic rings. The second-order valence-corrected chi connectivity index (χ2v) is 3.29. The van der Waals surface area contributed by atoms with Crippen molar-refractivity contribution in [1.82, 2.24) is 10.6 Å². The summed E-state index contributed by atoms with van der Waals surface area (Å²) >= 11 is 0. The summed E-state index contributed by atoms with van der Waals surface area (Å²) in [5, 5.41) is 14.3. The monoisotopic (exact) mass is 188 g/mol. The number of hydrogen-bond acceptors (Lipinski definition) is 3. The van der Waals surface area contributed by atoms with E-state index in [-0.39, 0.29) is 12.5 Å². The minimum absolute atomic E-state index is 0.00990. The molecule has 4 heteroatoms. The lowest BCUT2D eigenvalue weighted by Gasteiger charge is -2.07. The van der Waals surface area contributed by atoms with Crippen molar-refractivity contribution in [2.45, 2.75) is 32.7 Å². The largest absolute Gasteiger partial charge is 0.395 e. The summed E-state index contributed by atoms with van der Waals surface area (Å²) in [6, 6.07) is 0.473. The van der Waals surface area contributed by atoms with E-state index >= 15 is 0 Å². The molecule has 0 aromatic carbocycles. The van der Waals surface area contributed by atoms with E-state index in [0.717, 1.165) is 13.0 Å². The fourth-order valence-corrected chi connectivity index (χ4v) is 0.923. The van der Waals surface area contributed by atoms with Crippen LogP contribution in [-0.2, 0) is 4.79 Å². The van der Waals surface area contributed by atoms with E-state index in [1.165, 1.54) is 0 Å². The van der Waals surface area contributed by atoms with Crippen LogP contribution < -0.4 is 10.6 Å². The normalized spacial score (nSPS) is 10.5. The van der Waals surface area contributed by atoms with Crippen LogP contribution in [0.4, 0.5) is 0 Å². The fraction of sp³-hybridized carbons (Fsp3) is 0.889. The van der Waals surface area contributed by atoms with Crippen molar-refractivity contribution in [2.75, 3.05) is 19.7 Å². The Balaban J connectivity index is 3.17. The van der Waals surface area contributed by atoms with Crippen LogP contribution in [0.25, 0.3) is 0 Å². The minimum Gasteiger partial charge on any atom is -0.395 e. The first kappa shape index (κ1) is 12.4. The molecule has 13 heavy (non-hydrogen) atoms. The highest BCUT2D eigenvalue weighted by atomic mass is 16.3. The fourth-order valence-electron chi connectivity index (χ4n) is 0.923. The first-order chi connectivity index (χ1) is 6.16. The van der Waals surface area contributed by atoms with Crippen LogP contribution in [0.5, 0.6) is 0 Å². The summed E-state index contributed by atoms with van der Waals surface area (Å²) in [4.78, 5) is 11.0. The van der Waals surface area contributed by atoms with Gasteiger partial charge in [0, 0.05) is 19.0 Å². The quantitative estimate of drug-likeness (QED) is 0.488.